The van der Waals surface area contributed by atoms with E-state index in [1.54, 1.807) is 6.20 Å². The summed E-state index contributed by atoms with van der Waals surface area (Å²) in [5.41, 5.74) is 9.01. The molecule has 3 N–H and O–H groups in total. The minimum absolute atomic E-state index is 0.677. The summed E-state index contributed by atoms with van der Waals surface area (Å²) in [5, 5.41) is 3.18. The van der Waals surface area contributed by atoms with Crippen LogP contribution in [0.25, 0.3) is 0 Å². The van der Waals surface area contributed by atoms with Crippen molar-refractivity contribution in [1.82, 2.24) is 9.97 Å². The lowest BCUT2D eigenvalue weighted by molar-refractivity contribution is 0.860. The molecule has 0 fully saturated rings. The number of rotatable bonds is 6. The Morgan fingerprint density at radius 1 is 1.16 bits per heavy atom. The van der Waals surface area contributed by atoms with Crippen molar-refractivity contribution in [3.05, 3.63) is 53.3 Å². The Kier molecular flexibility index (Phi) is 4.86. The Morgan fingerprint density at radius 2 is 1.95 bits per heavy atom. The highest BCUT2D eigenvalue weighted by molar-refractivity contribution is 5.29. The Balaban J connectivity index is 2.00. The third-order valence-electron chi connectivity index (χ3n) is 2.88. The maximum absolute atomic E-state index is 5.46. The first-order valence-electron chi connectivity index (χ1n) is 6.59. The number of nitrogens with one attached hydrogen (secondary N) is 1. The highest BCUT2D eigenvalue weighted by Crippen LogP contribution is 2.09. The molecule has 0 saturated heterocycles. The number of anilines is 1. The second-order valence-corrected chi connectivity index (χ2v) is 4.60. The molecule has 2 aromatic rings. The lowest BCUT2D eigenvalue weighted by atomic mass is 10.1. The number of nitrogens with zero attached hydrogens (tertiary/aromatic N) is 2. The molecule has 0 saturated carbocycles. The number of hydrogen-bond acceptors (Lipinski definition) is 4. The van der Waals surface area contributed by atoms with Gasteiger partial charge in [-0.1, -0.05) is 29.8 Å². The molecule has 19 heavy (non-hydrogen) atoms. The van der Waals surface area contributed by atoms with Gasteiger partial charge in [-0.25, -0.2) is 9.97 Å². The van der Waals surface area contributed by atoms with Crippen LogP contribution in [0.4, 0.5) is 5.95 Å². The van der Waals surface area contributed by atoms with E-state index in [0.29, 0.717) is 12.5 Å². The molecular formula is C15H20N4. The minimum Gasteiger partial charge on any atom is -0.354 e. The first-order chi connectivity index (χ1) is 9.28. The molecule has 0 spiro atoms. The van der Waals surface area contributed by atoms with Crippen molar-refractivity contribution in [3.8, 4) is 0 Å². The predicted octanol–water partition coefficient (Wildman–Crippen LogP) is 2.14. The smallest absolute Gasteiger partial charge is 0.222 e. The van der Waals surface area contributed by atoms with Crippen molar-refractivity contribution in [2.75, 3.05) is 18.4 Å². The Labute approximate surface area is 114 Å². The van der Waals surface area contributed by atoms with Gasteiger partial charge in [-0.05, 0) is 31.5 Å². The minimum atomic E-state index is 0.677. The van der Waals surface area contributed by atoms with Crippen LogP contribution in [-0.4, -0.2) is 23.1 Å². The maximum Gasteiger partial charge on any atom is 0.222 e. The van der Waals surface area contributed by atoms with Gasteiger partial charge in [-0.3, -0.25) is 0 Å². The number of benzene rings is 1. The Hall–Kier alpha value is -1.94. The molecule has 0 amide bonds. The quantitative estimate of drug-likeness (QED) is 0.777. The van der Waals surface area contributed by atoms with Crippen LogP contribution >= 0.6 is 0 Å². The van der Waals surface area contributed by atoms with E-state index in [4.69, 9.17) is 5.73 Å². The van der Waals surface area contributed by atoms with Crippen LogP contribution in [-0.2, 0) is 6.42 Å². The zero-order valence-electron chi connectivity index (χ0n) is 11.3. The topological polar surface area (TPSA) is 63.8 Å². The summed E-state index contributed by atoms with van der Waals surface area (Å²) in [5.74, 6) is 0.679. The van der Waals surface area contributed by atoms with E-state index >= 15 is 0 Å². The molecule has 0 aliphatic rings. The van der Waals surface area contributed by atoms with Gasteiger partial charge in [-0.15, -0.1) is 0 Å². The van der Waals surface area contributed by atoms with E-state index in [9.17, 15) is 0 Å². The molecule has 1 heterocycles. The molecule has 0 radical (unpaired) electrons. The maximum atomic E-state index is 5.46. The predicted molar refractivity (Wildman–Crippen MR) is 78.2 cm³/mol. The van der Waals surface area contributed by atoms with Crippen molar-refractivity contribution < 1.29 is 0 Å². The van der Waals surface area contributed by atoms with Crippen LogP contribution < -0.4 is 11.1 Å². The first-order valence-corrected chi connectivity index (χ1v) is 6.59. The summed E-state index contributed by atoms with van der Waals surface area (Å²) in [6, 6.07) is 10.5. The average molecular weight is 256 g/mol. The number of aromatic nitrogens is 2. The molecule has 4 heteroatoms. The van der Waals surface area contributed by atoms with Gasteiger partial charge < -0.3 is 11.1 Å². The van der Waals surface area contributed by atoms with E-state index in [1.165, 1.54) is 11.1 Å². The lowest BCUT2D eigenvalue weighted by Gasteiger charge is -2.06. The second kappa shape index (κ2) is 6.85. The van der Waals surface area contributed by atoms with Gasteiger partial charge in [0.1, 0.15) is 0 Å². The second-order valence-electron chi connectivity index (χ2n) is 4.60. The largest absolute Gasteiger partial charge is 0.354 e. The van der Waals surface area contributed by atoms with Crippen LogP contribution in [0.1, 0.15) is 23.2 Å². The zero-order valence-corrected chi connectivity index (χ0v) is 11.3. The van der Waals surface area contributed by atoms with Crippen molar-refractivity contribution in [3.63, 3.8) is 0 Å². The van der Waals surface area contributed by atoms with Gasteiger partial charge >= 0.3 is 0 Å². The van der Waals surface area contributed by atoms with Gasteiger partial charge in [-0.2, -0.15) is 0 Å². The third kappa shape index (κ3) is 4.34. The normalized spacial score (nSPS) is 10.4. The van der Waals surface area contributed by atoms with Gasteiger partial charge in [0.2, 0.25) is 5.95 Å². The van der Waals surface area contributed by atoms with Gasteiger partial charge in [0.15, 0.2) is 0 Å². The standard InChI is InChI=1S/C15H20N4/c1-12-3-5-13(6-4-12)11-14-7-10-18-15(19-14)17-9-2-8-16/h3-7,10H,2,8-9,11,16H2,1H3,(H,17,18,19). The molecule has 0 aliphatic carbocycles. The van der Waals surface area contributed by atoms with Gasteiger partial charge in [0.05, 0.1) is 5.69 Å². The lowest BCUT2D eigenvalue weighted by Crippen LogP contribution is -2.11. The monoisotopic (exact) mass is 256 g/mol. The fourth-order valence-corrected chi connectivity index (χ4v) is 1.80. The van der Waals surface area contributed by atoms with Crippen LogP contribution in [0.2, 0.25) is 0 Å². The van der Waals surface area contributed by atoms with Crippen molar-refractivity contribution in [1.29, 1.82) is 0 Å². The first kappa shape index (κ1) is 13.5. The average Bonchev–Trinajstić information content (AvgIpc) is 2.42. The van der Waals surface area contributed by atoms with E-state index < -0.39 is 0 Å². The van der Waals surface area contributed by atoms with Crippen molar-refractivity contribution in [2.24, 2.45) is 5.73 Å². The summed E-state index contributed by atoms with van der Waals surface area (Å²) >= 11 is 0. The molecule has 0 bridgehead atoms. The third-order valence-corrected chi connectivity index (χ3v) is 2.88. The summed E-state index contributed by atoms with van der Waals surface area (Å²) in [7, 11) is 0. The molecule has 4 nitrogen and oxygen atoms in total. The van der Waals surface area contributed by atoms with Crippen molar-refractivity contribution >= 4 is 5.95 Å². The van der Waals surface area contributed by atoms with Gasteiger partial charge in [0, 0.05) is 19.2 Å². The van der Waals surface area contributed by atoms with Gasteiger partial charge in [0.25, 0.3) is 0 Å². The van der Waals surface area contributed by atoms with Crippen molar-refractivity contribution in [2.45, 2.75) is 19.8 Å². The SMILES string of the molecule is Cc1ccc(Cc2ccnc(NCCCN)n2)cc1. The summed E-state index contributed by atoms with van der Waals surface area (Å²) in [6.45, 7) is 3.58. The fraction of sp³-hybridized carbons (Fsp3) is 0.333. The summed E-state index contributed by atoms with van der Waals surface area (Å²) < 4.78 is 0. The Bertz CT molecular complexity index is 508. The highest BCUT2D eigenvalue weighted by Gasteiger charge is 2.00. The Morgan fingerprint density at radius 3 is 2.68 bits per heavy atom. The fourth-order valence-electron chi connectivity index (χ4n) is 1.80. The molecule has 1 aromatic heterocycles. The molecular weight excluding hydrogens is 236 g/mol. The molecule has 1 aromatic carbocycles. The zero-order chi connectivity index (χ0) is 13.5. The summed E-state index contributed by atoms with van der Waals surface area (Å²) in [6.07, 6.45) is 3.54. The molecule has 0 atom stereocenters. The number of nitrogens with two attached hydrogens (primary N) is 1. The van der Waals surface area contributed by atoms with E-state index in [2.05, 4.69) is 46.5 Å². The van der Waals surface area contributed by atoms with Crippen LogP contribution in [0, 0.1) is 6.92 Å². The molecule has 100 valence electrons. The molecule has 0 unspecified atom stereocenters. The van der Waals surface area contributed by atoms with E-state index in [1.807, 2.05) is 6.07 Å². The van der Waals surface area contributed by atoms with Crippen LogP contribution in [0.15, 0.2) is 36.5 Å². The highest BCUT2D eigenvalue weighted by atomic mass is 15.1. The van der Waals surface area contributed by atoms with Crippen LogP contribution in [0.5, 0.6) is 0 Å². The van der Waals surface area contributed by atoms with Crippen LogP contribution in [0.3, 0.4) is 0 Å². The summed E-state index contributed by atoms with van der Waals surface area (Å²) in [4.78, 5) is 8.70. The number of hydrogen-bond donors (Lipinski definition) is 2. The van der Waals surface area contributed by atoms with E-state index in [0.717, 1.165) is 25.1 Å². The molecule has 0 aliphatic heterocycles. The molecule has 2 rings (SSSR count). The number of aryl methyl sites for hydroxylation is 1. The van der Waals surface area contributed by atoms with E-state index in [-0.39, 0.29) is 0 Å².